The van der Waals surface area contributed by atoms with Crippen molar-refractivity contribution < 1.29 is 4.79 Å². The zero-order valence-corrected chi connectivity index (χ0v) is 14.2. The van der Waals surface area contributed by atoms with Gasteiger partial charge in [-0.25, -0.2) is 9.97 Å². The molecule has 2 heterocycles. The molecule has 0 spiro atoms. The van der Waals surface area contributed by atoms with Gasteiger partial charge in [0.1, 0.15) is 11.4 Å². The third kappa shape index (κ3) is 3.80. The zero-order valence-electron chi connectivity index (χ0n) is 14.2. The number of carbonyl (C=O) groups excluding carboxylic acids is 1. The number of nitrogens with two attached hydrogens (primary N) is 1. The van der Waals surface area contributed by atoms with Gasteiger partial charge in [-0.2, -0.15) is 0 Å². The number of nitrogens with one attached hydrogen (secondary N) is 1. The van der Waals surface area contributed by atoms with Crippen LogP contribution in [0.2, 0.25) is 0 Å². The van der Waals surface area contributed by atoms with E-state index in [4.69, 9.17) is 5.73 Å². The number of aryl methyl sites for hydroxylation is 2. The van der Waals surface area contributed by atoms with E-state index >= 15 is 0 Å². The molecule has 0 aromatic carbocycles. The number of hydrogen-bond acceptors (Lipinski definition) is 6. The maximum Gasteiger partial charge on any atom is 0.270 e. The Morgan fingerprint density at radius 2 is 2.17 bits per heavy atom. The number of carbonyl (C=O) groups is 1. The summed E-state index contributed by atoms with van der Waals surface area (Å²) in [5.74, 6) is 0.156. The van der Waals surface area contributed by atoms with Crippen LogP contribution in [0.1, 0.15) is 40.1 Å². The Labute approximate surface area is 141 Å². The molecular formula is C17H22N6O. The fourth-order valence-electron chi connectivity index (χ4n) is 2.32. The zero-order chi connectivity index (χ0) is 17.5. The Kier molecular flexibility index (Phi) is 6.08. The molecule has 0 aliphatic heterocycles. The Hall–Kier alpha value is -2.67. The van der Waals surface area contributed by atoms with Crippen molar-refractivity contribution in [1.29, 1.82) is 0 Å². The molecule has 1 amide bonds. The van der Waals surface area contributed by atoms with Crippen molar-refractivity contribution >= 4 is 11.6 Å². The third-order valence-electron chi connectivity index (χ3n) is 3.59. The predicted octanol–water partition coefficient (Wildman–Crippen LogP) is 0.898. The van der Waals surface area contributed by atoms with Crippen LogP contribution in [0.5, 0.6) is 0 Å². The summed E-state index contributed by atoms with van der Waals surface area (Å²) in [5.41, 5.74) is 8.87. The molecule has 7 nitrogen and oxygen atoms in total. The summed E-state index contributed by atoms with van der Waals surface area (Å²) in [4.78, 5) is 29.8. The van der Waals surface area contributed by atoms with Crippen LogP contribution in [-0.4, -0.2) is 46.7 Å². The summed E-state index contributed by atoms with van der Waals surface area (Å²) in [6.45, 7) is 4.63. The Bertz CT molecular complexity index is 756. The predicted molar refractivity (Wildman–Crippen MR) is 93.3 cm³/mol. The average molecular weight is 326 g/mol. The lowest BCUT2D eigenvalue weighted by molar-refractivity contribution is 0.0948. The van der Waals surface area contributed by atoms with E-state index in [0.29, 0.717) is 36.7 Å². The molecule has 2 aromatic heterocycles. The van der Waals surface area contributed by atoms with Crippen LogP contribution >= 0.6 is 0 Å². The molecule has 2 rings (SSSR count). The third-order valence-corrected chi connectivity index (χ3v) is 3.59. The van der Waals surface area contributed by atoms with E-state index < -0.39 is 0 Å². The van der Waals surface area contributed by atoms with Gasteiger partial charge in [-0.3, -0.25) is 14.8 Å². The number of hydrogen-bond donors (Lipinski definition) is 2. The fraction of sp³-hybridized carbons (Fsp3) is 0.353. The first-order valence-electron chi connectivity index (χ1n) is 7.85. The molecule has 7 heteroatoms. The molecule has 0 radical (unpaired) electrons. The van der Waals surface area contributed by atoms with Crippen molar-refractivity contribution in [1.82, 2.24) is 20.3 Å². The molecule has 0 aliphatic rings. The molecule has 24 heavy (non-hydrogen) atoms. The second kappa shape index (κ2) is 8.26. The lowest BCUT2D eigenvalue weighted by atomic mass is 10.1. The Morgan fingerprint density at radius 1 is 1.38 bits per heavy atom. The standard InChI is InChI=1S/C17H22N6O/c1-4-12-10-22-16(23-14(12)17(24)21-9-7-18)15(19-3)13-6-5-8-20-11(13)2/h5-6,8,10H,4,7,9,18H2,1-3H3,(H,21,24). The van der Waals surface area contributed by atoms with Gasteiger partial charge in [-0.1, -0.05) is 6.92 Å². The van der Waals surface area contributed by atoms with Crippen molar-refractivity contribution in [3.63, 3.8) is 0 Å². The van der Waals surface area contributed by atoms with Crippen molar-refractivity contribution in [3.05, 3.63) is 52.9 Å². The van der Waals surface area contributed by atoms with Gasteiger partial charge in [-0.05, 0) is 25.5 Å². The van der Waals surface area contributed by atoms with Gasteiger partial charge < -0.3 is 11.1 Å². The van der Waals surface area contributed by atoms with E-state index in [2.05, 4.69) is 25.3 Å². The van der Waals surface area contributed by atoms with E-state index in [0.717, 1.165) is 16.8 Å². The molecule has 0 bridgehead atoms. The lowest BCUT2D eigenvalue weighted by Gasteiger charge is -2.11. The maximum absolute atomic E-state index is 12.3. The van der Waals surface area contributed by atoms with Gasteiger partial charge in [0.25, 0.3) is 5.91 Å². The fourth-order valence-corrected chi connectivity index (χ4v) is 2.32. The van der Waals surface area contributed by atoms with Gasteiger partial charge in [-0.15, -0.1) is 0 Å². The van der Waals surface area contributed by atoms with E-state index in [1.54, 1.807) is 19.4 Å². The van der Waals surface area contributed by atoms with Gasteiger partial charge in [0.15, 0.2) is 5.82 Å². The molecular weight excluding hydrogens is 304 g/mol. The van der Waals surface area contributed by atoms with Crippen LogP contribution in [0.4, 0.5) is 0 Å². The molecule has 0 saturated heterocycles. The van der Waals surface area contributed by atoms with E-state index in [1.807, 2.05) is 26.0 Å². The summed E-state index contributed by atoms with van der Waals surface area (Å²) in [5, 5.41) is 2.75. The average Bonchev–Trinajstić information content (AvgIpc) is 2.61. The molecule has 0 fully saturated rings. The summed E-state index contributed by atoms with van der Waals surface area (Å²) in [6, 6.07) is 3.75. The Balaban J connectivity index is 2.47. The van der Waals surface area contributed by atoms with E-state index in [1.165, 1.54) is 0 Å². The van der Waals surface area contributed by atoms with E-state index in [-0.39, 0.29) is 5.91 Å². The highest BCUT2D eigenvalue weighted by atomic mass is 16.1. The van der Waals surface area contributed by atoms with Crippen LogP contribution in [0.3, 0.4) is 0 Å². The molecule has 126 valence electrons. The van der Waals surface area contributed by atoms with Crippen molar-refractivity contribution in [3.8, 4) is 0 Å². The van der Waals surface area contributed by atoms with Gasteiger partial charge >= 0.3 is 0 Å². The maximum atomic E-state index is 12.3. The van der Waals surface area contributed by atoms with Gasteiger partial charge in [0, 0.05) is 49.4 Å². The van der Waals surface area contributed by atoms with Crippen LogP contribution in [0, 0.1) is 6.92 Å². The first-order chi connectivity index (χ1) is 11.6. The number of aliphatic imine (C=N–C) groups is 1. The van der Waals surface area contributed by atoms with E-state index in [9.17, 15) is 4.79 Å². The second-order valence-electron chi connectivity index (χ2n) is 5.17. The monoisotopic (exact) mass is 326 g/mol. The minimum Gasteiger partial charge on any atom is -0.349 e. The summed E-state index contributed by atoms with van der Waals surface area (Å²) >= 11 is 0. The molecule has 0 atom stereocenters. The minimum absolute atomic E-state index is 0.251. The van der Waals surface area contributed by atoms with Gasteiger partial charge in [0.05, 0.1) is 0 Å². The van der Waals surface area contributed by atoms with Crippen LogP contribution in [0.15, 0.2) is 29.5 Å². The molecule has 0 unspecified atom stereocenters. The van der Waals surface area contributed by atoms with Crippen molar-refractivity contribution in [2.75, 3.05) is 20.1 Å². The number of pyridine rings is 1. The van der Waals surface area contributed by atoms with Crippen LogP contribution < -0.4 is 11.1 Å². The molecule has 0 saturated carbocycles. The molecule has 3 N–H and O–H groups in total. The second-order valence-corrected chi connectivity index (χ2v) is 5.17. The normalized spacial score (nSPS) is 11.4. The van der Waals surface area contributed by atoms with Crippen molar-refractivity contribution in [2.24, 2.45) is 10.7 Å². The summed E-state index contributed by atoms with van der Waals surface area (Å²) in [6.07, 6.45) is 4.06. The van der Waals surface area contributed by atoms with Crippen LogP contribution in [-0.2, 0) is 6.42 Å². The van der Waals surface area contributed by atoms with Crippen molar-refractivity contribution in [2.45, 2.75) is 20.3 Å². The minimum atomic E-state index is -0.251. The Morgan fingerprint density at radius 3 is 2.79 bits per heavy atom. The molecule has 2 aromatic rings. The summed E-state index contributed by atoms with van der Waals surface area (Å²) < 4.78 is 0. The topological polar surface area (TPSA) is 106 Å². The van der Waals surface area contributed by atoms with Gasteiger partial charge in [0.2, 0.25) is 0 Å². The number of amides is 1. The highest BCUT2D eigenvalue weighted by Gasteiger charge is 2.18. The first kappa shape index (κ1) is 17.7. The van der Waals surface area contributed by atoms with Crippen LogP contribution in [0.25, 0.3) is 0 Å². The quantitative estimate of drug-likeness (QED) is 0.767. The number of nitrogens with zero attached hydrogens (tertiary/aromatic N) is 4. The highest BCUT2D eigenvalue weighted by molar-refractivity contribution is 6.11. The smallest absolute Gasteiger partial charge is 0.270 e. The summed E-state index contributed by atoms with van der Waals surface area (Å²) in [7, 11) is 1.67. The largest absolute Gasteiger partial charge is 0.349 e. The lowest BCUT2D eigenvalue weighted by Crippen LogP contribution is -2.31. The number of rotatable bonds is 6. The number of aromatic nitrogens is 3. The highest BCUT2D eigenvalue weighted by Crippen LogP contribution is 2.13. The first-order valence-corrected chi connectivity index (χ1v) is 7.85. The SMILES string of the molecule is CCc1cnc(C(=NC)c2cccnc2C)nc1C(=O)NCCN. The molecule has 0 aliphatic carbocycles.